The third kappa shape index (κ3) is 4.76. The van der Waals surface area contributed by atoms with Gasteiger partial charge in [0.2, 0.25) is 0 Å². The van der Waals surface area contributed by atoms with Gasteiger partial charge in [0.15, 0.2) is 0 Å². The molecule has 0 saturated heterocycles. The number of pyridine rings is 1. The molecule has 1 aliphatic carbocycles. The minimum absolute atomic E-state index is 0.143. The van der Waals surface area contributed by atoms with E-state index < -0.39 is 0 Å². The zero-order valence-corrected chi connectivity index (χ0v) is 29.2. The molecule has 10 rings (SSSR count). The van der Waals surface area contributed by atoms with E-state index >= 15 is 0 Å². The summed E-state index contributed by atoms with van der Waals surface area (Å²) in [4.78, 5) is 5.36. The molecule has 0 N–H and O–H groups in total. The average Bonchev–Trinajstić information content (AvgIpc) is 3.66. The Kier molecular flexibility index (Phi) is 6.87. The molecule has 9 aromatic rings. The van der Waals surface area contributed by atoms with Gasteiger partial charge in [-0.3, -0.25) is 0 Å². The minimum atomic E-state index is -0.143. The van der Waals surface area contributed by atoms with Crippen molar-refractivity contribution in [2.75, 3.05) is 0 Å². The lowest BCUT2D eigenvalue weighted by molar-refractivity contribution is 0.666. The molecule has 52 heavy (non-hydrogen) atoms. The van der Waals surface area contributed by atoms with Crippen LogP contribution in [0.25, 0.3) is 83.4 Å². The van der Waals surface area contributed by atoms with E-state index in [9.17, 15) is 0 Å². The molecule has 2 heterocycles. The van der Waals surface area contributed by atoms with Gasteiger partial charge in [0.1, 0.15) is 0 Å². The van der Waals surface area contributed by atoms with Gasteiger partial charge in [0.05, 0.1) is 22.4 Å². The molecule has 2 aromatic heterocycles. The first-order valence-corrected chi connectivity index (χ1v) is 18.1. The van der Waals surface area contributed by atoms with Crippen LogP contribution in [-0.4, -0.2) is 9.55 Å². The zero-order chi connectivity index (χ0) is 34.8. The molecular formula is C50H36N2. The van der Waals surface area contributed by atoms with Crippen molar-refractivity contribution < 1.29 is 0 Å². The molecule has 0 amide bonds. The van der Waals surface area contributed by atoms with E-state index in [-0.39, 0.29) is 5.41 Å². The van der Waals surface area contributed by atoms with Crippen LogP contribution in [0, 0.1) is 0 Å². The Bertz CT molecular complexity index is 2730. The first-order chi connectivity index (χ1) is 25.5. The molecule has 0 atom stereocenters. The van der Waals surface area contributed by atoms with Crippen molar-refractivity contribution in [2.45, 2.75) is 19.3 Å². The summed E-state index contributed by atoms with van der Waals surface area (Å²) in [5.74, 6) is 0. The van der Waals surface area contributed by atoms with Gasteiger partial charge in [0, 0.05) is 33.0 Å². The van der Waals surface area contributed by atoms with Crippen LogP contribution in [0.15, 0.2) is 182 Å². The lowest BCUT2D eigenvalue weighted by atomic mass is 9.80. The fourth-order valence-corrected chi connectivity index (χ4v) is 8.52. The number of para-hydroxylation sites is 1. The molecular weight excluding hydrogens is 629 g/mol. The van der Waals surface area contributed by atoms with Crippen LogP contribution < -0.4 is 0 Å². The Labute approximate surface area is 304 Å². The van der Waals surface area contributed by atoms with Crippen molar-refractivity contribution in [1.29, 1.82) is 0 Å². The maximum absolute atomic E-state index is 5.36. The van der Waals surface area contributed by atoms with E-state index in [1.165, 1.54) is 66.3 Å². The van der Waals surface area contributed by atoms with Crippen molar-refractivity contribution in [1.82, 2.24) is 9.55 Å². The van der Waals surface area contributed by atoms with Crippen LogP contribution >= 0.6 is 0 Å². The van der Waals surface area contributed by atoms with Crippen molar-refractivity contribution in [2.24, 2.45) is 0 Å². The molecule has 246 valence electrons. The van der Waals surface area contributed by atoms with E-state index in [1.54, 1.807) is 0 Å². The monoisotopic (exact) mass is 664 g/mol. The SMILES string of the molecule is CC1(C)c2ccccc2-c2ccc3c(c21)c1cc(-c2cccc(-c4cc(-c5ccccc5)cc(-c5ccccc5)c4)n2)ccc1n3-c1ccccc1. The smallest absolute Gasteiger partial charge is 0.0709 e. The van der Waals surface area contributed by atoms with Gasteiger partial charge in [-0.25, -0.2) is 4.98 Å². The summed E-state index contributed by atoms with van der Waals surface area (Å²) >= 11 is 0. The minimum Gasteiger partial charge on any atom is -0.309 e. The molecule has 1 aliphatic rings. The fourth-order valence-electron chi connectivity index (χ4n) is 8.52. The van der Waals surface area contributed by atoms with Crippen molar-refractivity contribution >= 4 is 21.8 Å². The van der Waals surface area contributed by atoms with E-state index in [1.807, 2.05) is 0 Å². The highest BCUT2D eigenvalue weighted by molar-refractivity contribution is 6.15. The number of nitrogens with zero attached hydrogens (tertiary/aromatic N) is 2. The van der Waals surface area contributed by atoms with E-state index in [0.717, 1.165) is 28.2 Å². The number of aromatic nitrogens is 2. The van der Waals surface area contributed by atoms with Gasteiger partial charge >= 0.3 is 0 Å². The van der Waals surface area contributed by atoms with Gasteiger partial charge in [-0.2, -0.15) is 0 Å². The number of fused-ring (bicyclic) bond motifs is 7. The Balaban J connectivity index is 1.18. The molecule has 0 saturated carbocycles. The lowest BCUT2D eigenvalue weighted by Gasteiger charge is -2.22. The predicted octanol–water partition coefficient (Wildman–Crippen LogP) is 13.2. The van der Waals surface area contributed by atoms with Crippen molar-refractivity contribution in [3.8, 4) is 61.6 Å². The third-order valence-corrected chi connectivity index (χ3v) is 10.9. The summed E-state index contributed by atoms with van der Waals surface area (Å²) in [5.41, 5.74) is 17.8. The summed E-state index contributed by atoms with van der Waals surface area (Å²) in [6, 6.07) is 65.7. The Morgan fingerprint density at radius 3 is 1.69 bits per heavy atom. The first kappa shape index (κ1) is 30.3. The van der Waals surface area contributed by atoms with Crippen LogP contribution in [0.1, 0.15) is 25.0 Å². The molecule has 7 aromatic carbocycles. The second-order valence-electron chi connectivity index (χ2n) is 14.4. The molecule has 2 nitrogen and oxygen atoms in total. The summed E-state index contributed by atoms with van der Waals surface area (Å²) in [6.45, 7) is 4.76. The van der Waals surface area contributed by atoms with Crippen LogP contribution in [0.5, 0.6) is 0 Å². The van der Waals surface area contributed by atoms with Gasteiger partial charge < -0.3 is 4.57 Å². The Morgan fingerprint density at radius 1 is 0.423 bits per heavy atom. The van der Waals surface area contributed by atoms with E-state index in [2.05, 4.69) is 200 Å². The summed E-state index contributed by atoms with van der Waals surface area (Å²) in [7, 11) is 0. The van der Waals surface area contributed by atoms with Crippen LogP contribution in [-0.2, 0) is 5.41 Å². The van der Waals surface area contributed by atoms with Crippen molar-refractivity contribution in [3.63, 3.8) is 0 Å². The summed E-state index contributed by atoms with van der Waals surface area (Å²) < 4.78 is 2.43. The molecule has 2 heteroatoms. The highest BCUT2D eigenvalue weighted by Gasteiger charge is 2.38. The molecule has 0 radical (unpaired) electrons. The van der Waals surface area contributed by atoms with Gasteiger partial charge in [-0.05, 0) is 105 Å². The lowest BCUT2D eigenvalue weighted by Crippen LogP contribution is -2.15. The largest absolute Gasteiger partial charge is 0.309 e. The summed E-state index contributed by atoms with van der Waals surface area (Å²) in [5, 5.41) is 2.57. The van der Waals surface area contributed by atoms with E-state index in [0.29, 0.717) is 0 Å². The Morgan fingerprint density at radius 2 is 1.00 bits per heavy atom. The van der Waals surface area contributed by atoms with Gasteiger partial charge in [-0.1, -0.05) is 135 Å². The Hall–Kier alpha value is -6.51. The first-order valence-electron chi connectivity index (χ1n) is 18.1. The van der Waals surface area contributed by atoms with Gasteiger partial charge in [0.25, 0.3) is 0 Å². The van der Waals surface area contributed by atoms with Crippen LogP contribution in [0.4, 0.5) is 0 Å². The number of hydrogen-bond donors (Lipinski definition) is 0. The standard InChI is InChI=1S/C50H36N2/c1-50(2)43-22-13-12-21-40(43)41-26-28-47-48(49(41)50)42-32-35(25-27-46(42)52(47)39-19-10-5-11-20-39)44-23-14-24-45(51-44)38-30-36(33-15-6-3-7-16-33)29-37(31-38)34-17-8-4-9-18-34/h3-32H,1-2H3. The number of rotatable bonds is 5. The molecule has 0 spiro atoms. The van der Waals surface area contributed by atoms with Gasteiger partial charge in [-0.15, -0.1) is 0 Å². The number of benzene rings is 7. The quantitative estimate of drug-likeness (QED) is 0.179. The topological polar surface area (TPSA) is 17.8 Å². The predicted molar refractivity (Wildman–Crippen MR) is 218 cm³/mol. The van der Waals surface area contributed by atoms with E-state index in [4.69, 9.17) is 4.98 Å². The molecule has 0 fully saturated rings. The normalized spacial score (nSPS) is 13.0. The highest BCUT2D eigenvalue weighted by Crippen LogP contribution is 2.53. The van der Waals surface area contributed by atoms with Crippen LogP contribution in [0.3, 0.4) is 0 Å². The third-order valence-electron chi connectivity index (χ3n) is 10.9. The summed E-state index contributed by atoms with van der Waals surface area (Å²) in [6.07, 6.45) is 0. The average molecular weight is 665 g/mol. The fraction of sp³-hybridized carbons (Fsp3) is 0.0600. The maximum Gasteiger partial charge on any atom is 0.0709 e. The zero-order valence-electron chi connectivity index (χ0n) is 29.2. The van der Waals surface area contributed by atoms with Crippen LogP contribution in [0.2, 0.25) is 0 Å². The molecule has 0 aliphatic heterocycles. The second kappa shape index (κ2) is 11.8. The highest BCUT2D eigenvalue weighted by atomic mass is 15.0. The second-order valence-corrected chi connectivity index (χ2v) is 14.4. The van der Waals surface area contributed by atoms with Crippen molar-refractivity contribution in [3.05, 3.63) is 193 Å². The maximum atomic E-state index is 5.36. The molecule has 0 bridgehead atoms. The molecule has 0 unspecified atom stereocenters. The number of hydrogen-bond acceptors (Lipinski definition) is 1.